The number of hydrogen-bond donors (Lipinski definition) is 0. The summed E-state index contributed by atoms with van der Waals surface area (Å²) in [7, 11) is -0.996. The van der Waals surface area contributed by atoms with Gasteiger partial charge in [-0.25, -0.2) is 9.59 Å². The highest BCUT2D eigenvalue weighted by Crippen LogP contribution is 2.48. The summed E-state index contributed by atoms with van der Waals surface area (Å²) in [5.74, 6) is 1.16. The summed E-state index contributed by atoms with van der Waals surface area (Å²) in [5, 5.41) is 0.686. The molecule has 0 aromatic heterocycles. The molecular formula is C16H30NO8P. The molecule has 0 aliphatic heterocycles. The topological polar surface area (TPSA) is 101 Å². The second kappa shape index (κ2) is 9.39. The number of rotatable bonds is 5. The van der Waals surface area contributed by atoms with E-state index in [4.69, 9.17) is 23.4 Å². The van der Waals surface area contributed by atoms with Crippen molar-refractivity contribution in [1.29, 1.82) is 0 Å². The number of hydroxylamine groups is 2. The summed E-state index contributed by atoms with van der Waals surface area (Å²) < 4.78 is 31.9. The van der Waals surface area contributed by atoms with E-state index in [0.29, 0.717) is 5.06 Å². The van der Waals surface area contributed by atoms with Crippen molar-refractivity contribution in [3.05, 3.63) is 11.9 Å². The van der Waals surface area contributed by atoms with E-state index in [1.165, 1.54) is 27.2 Å². The van der Waals surface area contributed by atoms with Crippen molar-refractivity contribution < 1.29 is 37.5 Å². The molecule has 152 valence electrons. The summed E-state index contributed by atoms with van der Waals surface area (Å²) in [5.41, 5.74) is -1.62. The van der Waals surface area contributed by atoms with Crippen molar-refractivity contribution in [1.82, 2.24) is 5.06 Å². The van der Waals surface area contributed by atoms with Gasteiger partial charge in [-0.15, -0.1) is 5.06 Å². The highest BCUT2D eigenvalue weighted by molar-refractivity contribution is 7.57. The minimum atomic E-state index is -3.44. The Kier molecular flexibility index (Phi) is 8.82. The molecule has 0 heterocycles. The predicted molar refractivity (Wildman–Crippen MR) is 95.6 cm³/mol. The van der Waals surface area contributed by atoms with E-state index in [-0.39, 0.29) is 0 Å². The van der Waals surface area contributed by atoms with Gasteiger partial charge in [0.25, 0.3) is 0 Å². The van der Waals surface area contributed by atoms with E-state index in [1.807, 2.05) is 0 Å². The van der Waals surface area contributed by atoms with Gasteiger partial charge in [0.15, 0.2) is 0 Å². The molecule has 0 aromatic rings. The van der Waals surface area contributed by atoms with Crippen LogP contribution >= 0.6 is 7.60 Å². The summed E-state index contributed by atoms with van der Waals surface area (Å²) in [4.78, 5) is 29.3. The maximum absolute atomic E-state index is 12.4. The Bertz CT molecular complexity index is 554. The fourth-order valence-corrected chi connectivity index (χ4v) is 2.30. The molecular weight excluding hydrogens is 365 g/mol. The second-order valence-electron chi connectivity index (χ2n) is 7.35. The quantitative estimate of drug-likeness (QED) is 0.382. The first-order chi connectivity index (χ1) is 11.6. The van der Waals surface area contributed by atoms with E-state index in [1.54, 1.807) is 41.5 Å². The van der Waals surface area contributed by atoms with Crippen molar-refractivity contribution in [3.8, 4) is 0 Å². The molecule has 0 aliphatic rings. The van der Waals surface area contributed by atoms with Gasteiger partial charge in [0.05, 0.1) is 6.04 Å². The fourth-order valence-electron chi connectivity index (χ4n) is 1.45. The monoisotopic (exact) mass is 395 g/mol. The van der Waals surface area contributed by atoms with Crippen LogP contribution in [0.3, 0.4) is 0 Å². The lowest BCUT2D eigenvalue weighted by Gasteiger charge is -2.29. The van der Waals surface area contributed by atoms with Gasteiger partial charge in [-0.05, 0) is 48.5 Å². The van der Waals surface area contributed by atoms with Crippen LogP contribution in [-0.2, 0) is 27.9 Å². The van der Waals surface area contributed by atoms with Crippen molar-refractivity contribution in [2.75, 3.05) is 14.2 Å². The van der Waals surface area contributed by atoms with Gasteiger partial charge in [0.2, 0.25) is 0 Å². The van der Waals surface area contributed by atoms with E-state index in [0.717, 1.165) is 5.82 Å². The predicted octanol–water partition coefficient (Wildman–Crippen LogP) is 4.48. The highest BCUT2D eigenvalue weighted by Gasteiger charge is 2.31. The van der Waals surface area contributed by atoms with Crippen molar-refractivity contribution in [2.45, 2.75) is 65.7 Å². The van der Waals surface area contributed by atoms with Crippen LogP contribution in [0.4, 0.5) is 9.59 Å². The fraction of sp³-hybridized carbons (Fsp3) is 0.750. The first-order valence-corrected chi connectivity index (χ1v) is 9.57. The average molecular weight is 395 g/mol. The molecule has 0 rings (SSSR count). The first kappa shape index (κ1) is 24.4. The van der Waals surface area contributed by atoms with Gasteiger partial charge >= 0.3 is 19.8 Å². The number of hydrogen-bond acceptors (Lipinski definition) is 8. The number of amides is 1. The lowest BCUT2D eigenvalue weighted by atomic mass is 10.2. The molecule has 1 unspecified atom stereocenters. The maximum Gasteiger partial charge on any atom is 0.534 e. The molecule has 0 N–H and O–H groups in total. The van der Waals surface area contributed by atoms with Crippen LogP contribution in [0.15, 0.2) is 11.9 Å². The van der Waals surface area contributed by atoms with Gasteiger partial charge in [-0.2, -0.15) is 0 Å². The van der Waals surface area contributed by atoms with E-state index < -0.39 is 37.1 Å². The molecule has 1 atom stereocenters. The molecule has 0 fully saturated rings. The molecule has 26 heavy (non-hydrogen) atoms. The molecule has 0 radical (unpaired) electrons. The second-order valence-corrected chi connectivity index (χ2v) is 9.46. The molecule has 0 aromatic carbocycles. The lowest BCUT2D eigenvalue weighted by molar-refractivity contribution is -0.145. The van der Waals surface area contributed by atoms with Crippen LogP contribution in [0.1, 0.15) is 48.5 Å². The molecule has 9 nitrogen and oxygen atoms in total. The molecule has 10 heteroatoms. The maximum atomic E-state index is 12.4. The number of ether oxygens (including phenoxy) is 2. The van der Waals surface area contributed by atoms with Gasteiger partial charge in [-0.1, -0.05) is 6.08 Å². The van der Waals surface area contributed by atoms with Crippen LogP contribution in [-0.4, -0.2) is 48.8 Å². The smallest absolute Gasteiger partial charge is 0.442 e. The summed E-state index contributed by atoms with van der Waals surface area (Å²) >= 11 is 0. The summed E-state index contributed by atoms with van der Waals surface area (Å²) in [6.45, 7) is 11.5. The zero-order chi connectivity index (χ0) is 20.8. The molecule has 0 bridgehead atoms. The van der Waals surface area contributed by atoms with E-state index in [2.05, 4.69) is 0 Å². The Morgan fingerprint density at radius 2 is 1.42 bits per heavy atom. The summed E-state index contributed by atoms with van der Waals surface area (Å²) in [6, 6.07) is -0.837. The van der Waals surface area contributed by atoms with Crippen molar-refractivity contribution in [3.63, 3.8) is 0 Å². The van der Waals surface area contributed by atoms with Crippen LogP contribution in [0.5, 0.6) is 0 Å². The van der Waals surface area contributed by atoms with E-state index in [9.17, 15) is 14.2 Å². The van der Waals surface area contributed by atoms with Crippen LogP contribution < -0.4 is 0 Å². The number of nitrogens with zero attached hydrogens (tertiary/aromatic N) is 1. The zero-order valence-corrected chi connectivity index (χ0v) is 17.8. The van der Waals surface area contributed by atoms with Gasteiger partial charge in [0.1, 0.15) is 11.2 Å². The molecule has 0 aliphatic carbocycles. The largest absolute Gasteiger partial charge is 0.534 e. The van der Waals surface area contributed by atoms with Crippen molar-refractivity contribution in [2.24, 2.45) is 0 Å². The van der Waals surface area contributed by atoms with Crippen LogP contribution in [0.2, 0.25) is 0 Å². The third kappa shape index (κ3) is 9.79. The first-order valence-electron chi connectivity index (χ1n) is 7.96. The minimum Gasteiger partial charge on any atom is -0.442 e. The molecule has 1 amide bonds. The lowest BCUT2D eigenvalue weighted by Crippen LogP contribution is -2.43. The third-order valence-corrected chi connectivity index (χ3v) is 4.12. The Morgan fingerprint density at radius 1 is 0.962 bits per heavy atom. The SMILES string of the molecule is COP(=O)(/C=C/C(C)N(OC(=O)OC(C)(C)C)C(=O)OC(C)(C)C)OC. The Balaban J connectivity index is 5.43. The van der Waals surface area contributed by atoms with Gasteiger partial charge in [0, 0.05) is 20.0 Å². The average Bonchev–Trinajstić information content (AvgIpc) is 2.46. The highest BCUT2D eigenvalue weighted by atomic mass is 31.2. The minimum absolute atomic E-state index is 0.686. The Morgan fingerprint density at radius 3 is 1.81 bits per heavy atom. The normalized spacial score (nSPS) is 14.0. The van der Waals surface area contributed by atoms with Crippen LogP contribution in [0.25, 0.3) is 0 Å². The number of carbonyl (C=O) groups is 2. The molecule has 0 spiro atoms. The van der Waals surface area contributed by atoms with Gasteiger partial charge < -0.3 is 18.5 Å². The zero-order valence-electron chi connectivity index (χ0n) is 16.9. The third-order valence-electron chi connectivity index (χ3n) is 2.56. The summed E-state index contributed by atoms with van der Waals surface area (Å²) in [6.07, 6.45) is -0.655. The standard InChI is InChI=1S/C16H30NO8P/c1-12(10-11-26(20,21-8)22-9)17(13(18)23-15(2,3)4)25-14(19)24-16(5,6)7/h10-12H,1-9H3/b11-10+. The van der Waals surface area contributed by atoms with Gasteiger partial charge in [-0.3, -0.25) is 9.40 Å². The molecule has 0 saturated heterocycles. The van der Waals surface area contributed by atoms with Crippen molar-refractivity contribution >= 4 is 19.8 Å². The molecule has 0 saturated carbocycles. The number of carbonyl (C=O) groups excluding carboxylic acids is 2. The Labute approximate surface area is 155 Å². The van der Waals surface area contributed by atoms with E-state index >= 15 is 0 Å². The Hall–Kier alpha value is -1.57. The van der Waals surface area contributed by atoms with Crippen LogP contribution in [0, 0.1) is 0 Å².